The van der Waals surface area contributed by atoms with Crippen LogP contribution in [0.2, 0.25) is 0 Å². The zero-order chi connectivity index (χ0) is 22.4. The van der Waals surface area contributed by atoms with Gasteiger partial charge in [0.15, 0.2) is 17.2 Å². The number of pyridine rings is 1. The summed E-state index contributed by atoms with van der Waals surface area (Å²) in [6, 6.07) is 0.678. The molecule has 0 aromatic carbocycles. The maximum atomic E-state index is 13.0. The number of nitrogens with zero attached hydrogens (tertiary/aromatic N) is 1. The fourth-order valence-electron chi connectivity index (χ4n) is 3.94. The van der Waals surface area contributed by atoms with Crippen LogP contribution in [-0.4, -0.2) is 61.6 Å². The molecule has 170 valence electrons. The van der Waals surface area contributed by atoms with Crippen molar-refractivity contribution in [1.29, 1.82) is 0 Å². The number of hydrogen-bond acceptors (Lipinski definition) is 9. The molecule has 3 rings (SSSR count). The second-order valence-electron chi connectivity index (χ2n) is 7.57. The third-order valence-corrected chi connectivity index (χ3v) is 5.45. The molecule has 2 aliphatic heterocycles. The van der Waals surface area contributed by atoms with Gasteiger partial charge in [-0.25, -0.2) is 9.78 Å². The predicted octanol–water partition coefficient (Wildman–Crippen LogP) is 1.61. The minimum absolute atomic E-state index is 0.0106. The lowest BCUT2D eigenvalue weighted by Crippen LogP contribution is -2.44. The van der Waals surface area contributed by atoms with Crippen molar-refractivity contribution < 1.29 is 38.1 Å². The van der Waals surface area contributed by atoms with E-state index in [2.05, 4.69) is 10.3 Å². The Balaban J connectivity index is 1.73. The number of aromatic nitrogens is 1. The Morgan fingerprint density at radius 1 is 1.29 bits per heavy atom. The van der Waals surface area contributed by atoms with Crippen LogP contribution in [0.15, 0.2) is 12.3 Å². The van der Waals surface area contributed by atoms with Crippen molar-refractivity contribution in [3.8, 4) is 11.5 Å². The zero-order valence-corrected chi connectivity index (χ0v) is 17.9. The molecule has 2 aliphatic rings. The minimum Gasteiger partial charge on any atom is -0.493 e. The highest BCUT2D eigenvalue weighted by molar-refractivity contribution is 5.98. The van der Waals surface area contributed by atoms with Crippen molar-refractivity contribution >= 4 is 17.8 Å². The second kappa shape index (κ2) is 10.4. The molecule has 31 heavy (non-hydrogen) atoms. The SMILES string of the molecule is COc1ccnc(C(=O)NC2CCCC3CCOC3C(C)OC2=O)c1OCOC(C)=O. The van der Waals surface area contributed by atoms with Crippen LogP contribution in [0.4, 0.5) is 0 Å². The van der Waals surface area contributed by atoms with Gasteiger partial charge in [0.25, 0.3) is 5.91 Å². The molecule has 0 radical (unpaired) electrons. The molecule has 4 atom stereocenters. The maximum absolute atomic E-state index is 13.0. The molecule has 10 nitrogen and oxygen atoms in total. The fourth-order valence-corrected chi connectivity index (χ4v) is 3.94. The third-order valence-electron chi connectivity index (χ3n) is 5.45. The van der Waals surface area contributed by atoms with E-state index >= 15 is 0 Å². The number of rotatable bonds is 6. The van der Waals surface area contributed by atoms with Gasteiger partial charge in [0.05, 0.1) is 13.2 Å². The molecule has 10 heteroatoms. The van der Waals surface area contributed by atoms with Gasteiger partial charge < -0.3 is 29.0 Å². The number of esters is 2. The number of ether oxygens (including phenoxy) is 5. The van der Waals surface area contributed by atoms with Crippen LogP contribution < -0.4 is 14.8 Å². The Labute approximate surface area is 180 Å². The van der Waals surface area contributed by atoms with E-state index in [1.54, 1.807) is 0 Å². The van der Waals surface area contributed by atoms with E-state index in [4.69, 9.17) is 23.7 Å². The topological polar surface area (TPSA) is 122 Å². The van der Waals surface area contributed by atoms with Crippen LogP contribution in [0.3, 0.4) is 0 Å². The molecule has 0 spiro atoms. The number of methoxy groups -OCH3 is 1. The van der Waals surface area contributed by atoms with Gasteiger partial charge in [-0.15, -0.1) is 0 Å². The summed E-state index contributed by atoms with van der Waals surface area (Å²) in [6.45, 7) is 3.31. The lowest BCUT2D eigenvalue weighted by Gasteiger charge is -2.24. The molecule has 1 aromatic rings. The minimum atomic E-state index is -0.830. The number of carbonyl (C=O) groups excluding carboxylic acids is 3. The summed E-state index contributed by atoms with van der Waals surface area (Å²) in [5, 5.41) is 2.70. The number of carbonyl (C=O) groups is 3. The monoisotopic (exact) mass is 436 g/mol. The maximum Gasteiger partial charge on any atom is 0.329 e. The lowest BCUT2D eigenvalue weighted by molar-refractivity contribution is -0.157. The summed E-state index contributed by atoms with van der Waals surface area (Å²) in [6.07, 6.45) is 3.91. The van der Waals surface area contributed by atoms with Crippen LogP contribution in [-0.2, 0) is 23.8 Å². The molecule has 2 saturated heterocycles. The van der Waals surface area contributed by atoms with E-state index in [-0.39, 0.29) is 23.3 Å². The van der Waals surface area contributed by atoms with Crippen molar-refractivity contribution in [3.05, 3.63) is 18.0 Å². The van der Waals surface area contributed by atoms with Crippen LogP contribution in [0.5, 0.6) is 11.5 Å². The van der Waals surface area contributed by atoms with Crippen molar-refractivity contribution in [2.24, 2.45) is 5.92 Å². The predicted molar refractivity (Wildman–Crippen MR) is 107 cm³/mol. The van der Waals surface area contributed by atoms with Gasteiger partial charge in [0, 0.05) is 25.8 Å². The van der Waals surface area contributed by atoms with Crippen LogP contribution >= 0.6 is 0 Å². The van der Waals surface area contributed by atoms with Gasteiger partial charge in [0.1, 0.15) is 12.1 Å². The summed E-state index contributed by atoms with van der Waals surface area (Å²) in [5.74, 6) is -1.08. The summed E-state index contributed by atoms with van der Waals surface area (Å²) in [7, 11) is 1.41. The van der Waals surface area contributed by atoms with Crippen LogP contribution in [0.25, 0.3) is 0 Å². The molecule has 1 N–H and O–H groups in total. The molecular weight excluding hydrogens is 408 g/mol. The zero-order valence-electron chi connectivity index (χ0n) is 17.9. The summed E-state index contributed by atoms with van der Waals surface area (Å²) in [5.41, 5.74) is -0.0903. The molecule has 2 fully saturated rings. The smallest absolute Gasteiger partial charge is 0.329 e. The molecule has 4 unspecified atom stereocenters. The van der Waals surface area contributed by atoms with Crippen LogP contribution in [0.1, 0.15) is 50.0 Å². The van der Waals surface area contributed by atoms with Gasteiger partial charge in [-0.1, -0.05) is 6.42 Å². The molecule has 1 amide bonds. The van der Waals surface area contributed by atoms with Gasteiger partial charge in [-0.3, -0.25) is 9.59 Å². The number of nitrogens with one attached hydrogen (secondary N) is 1. The van der Waals surface area contributed by atoms with E-state index in [9.17, 15) is 14.4 Å². The van der Waals surface area contributed by atoms with E-state index in [1.165, 1.54) is 26.3 Å². The summed E-state index contributed by atoms with van der Waals surface area (Å²) >= 11 is 0. The first kappa shape index (κ1) is 22.8. The van der Waals surface area contributed by atoms with E-state index in [0.717, 1.165) is 19.3 Å². The Morgan fingerprint density at radius 2 is 2.10 bits per heavy atom. The van der Waals surface area contributed by atoms with Crippen molar-refractivity contribution in [1.82, 2.24) is 10.3 Å². The molecule has 0 aliphatic carbocycles. The molecule has 1 aromatic heterocycles. The highest BCUT2D eigenvalue weighted by Crippen LogP contribution is 2.32. The normalized spacial score (nSPS) is 25.8. The lowest BCUT2D eigenvalue weighted by atomic mass is 9.92. The van der Waals surface area contributed by atoms with Crippen LogP contribution in [0, 0.1) is 5.92 Å². The second-order valence-corrected chi connectivity index (χ2v) is 7.57. The molecule has 3 heterocycles. The van der Waals surface area contributed by atoms with Gasteiger partial charge in [-0.05, 0) is 32.1 Å². The average Bonchev–Trinajstić information content (AvgIpc) is 3.21. The Hall–Kier alpha value is -2.88. The first-order valence-electron chi connectivity index (χ1n) is 10.3. The highest BCUT2D eigenvalue weighted by Gasteiger charge is 2.38. The average molecular weight is 436 g/mol. The van der Waals surface area contributed by atoms with E-state index in [0.29, 0.717) is 18.9 Å². The van der Waals surface area contributed by atoms with E-state index in [1.807, 2.05) is 6.92 Å². The van der Waals surface area contributed by atoms with Gasteiger partial charge >= 0.3 is 11.9 Å². The number of cyclic esters (lactones) is 1. The fraction of sp³-hybridized carbons (Fsp3) is 0.619. The van der Waals surface area contributed by atoms with Gasteiger partial charge in [0.2, 0.25) is 6.79 Å². The van der Waals surface area contributed by atoms with Crippen molar-refractivity contribution in [2.45, 2.75) is 57.8 Å². The summed E-state index contributed by atoms with van der Waals surface area (Å²) < 4.78 is 26.8. The third kappa shape index (κ3) is 5.63. The van der Waals surface area contributed by atoms with E-state index < -0.39 is 36.8 Å². The number of hydrogen-bond donors (Lipinski definition) is 1. The van der Waals surface area contributed by atoms with Crippen molar-refractivity contribution in [2.75, 3.05) is 20.5 Å². The quantitative estimate of drug-likeness (QED) is 0.523. The van der Waals surface area contributed by atoms with Crippen molar-refractivity contribution in [3.63, 3.8) is 0 Å². The summed E-state index contributed by atoms with van der Waals surface area (Å²) in [4.78, 5) is 40.7. The first-order chi connectivity index (χ1) is 14.9. The Bertz CT molecular complexity index is 815. The molecule has 0 saturated carbocycles. The number of fused-ring (bicyclic) bond motifs is 1. The molecular formula is C21H28N2O8. The highest BCUT2D eigenvalue weighted by atomic mass is 16.7. The largest absolute Gasteiger partial charge is 0.493 e. The van der Waals surface area contributed by atoms with Gasteiger partial charge in [-0.2, -0.15) is 0 Å². The Morgan fingerprint density at radius 3 is 2.84 bits per heavy atom. The standard InChI is InChI=1S/C21H28N2O8/c1-12-18-14(8-10-28-18)5-4-6-15(21(26)31-12)23-20(25)17-19(30-11-29-13(2)24)16(27-3)7-9-22-17/h7,9,12,14-15,18H,4-6,8,10-11H2,1-3H3,(H,23,25). The number of amides is 1. The Kier molecular flexibility index (Phi) is 7.67. The molecule has 0 bridgehead atoms. The first-order valence-corrected chi connectivity index (χ1v) is 10.3.